The monoisotopic (exact) mass is 315 g/mol. The van der Waals surface area contributed by atoms with Crippen LogP contribution >= 0.6 is 11.6 Å². The molecule has 1 heterocycles. The second-order valence-corrected chi connectivity index (χ2v) is 6.13. The van der Waals surface area contributed by atoms with Crippen LogP contribution in [-0.2, 0) is 6.61 Å². The first-order chi connectivity index (χ1) is 10.6. The van der Waals surface area contributed by atoms with E-state index in [0.29, 0.717) is 24.0 Å². The summed E-state index contributed by atoms with van der Waals surface area (Å²) in [5.74, 6) is 1.14. The molecule has 3 nitrogen and oxygen atoms in total. The zero-order chi connectivity index (χ0) is 15.7. The molecule has 1 aliphatic rings. The number of halogens is 1. The molecule has 0 aliphatic heterocycles. The van der Waals surface area contributed by atoms with Crippen LogP contribution in [0, 0.1) is 13.8 Å². The molecule has 1 aromatic carbocycles. The Labute approximate surface area is 135 Å². The van der Waals surface area contributed by atoms with E-state index in [4.69, 9.17) is 16.3 Å². The second-order valence-electron chi connectivity index (χ2n) is 5.78. The van der Waals surface area contributed by atoms with E-state index in [1.54, 1.807) is 6.07 Å². The van der Waals surface area contributed by atoms with Gasteiger partial charge in [-0.25, -0.2) is 4.98 Å². The SMILES string of the molecule is Cc1ccc(C)c(OCc2c(C(=O)Cl)cccc2C2CC2)n1. The Hall–Kier alpha value is -1.87. The highest BCUT2D eigenvalue weighted by molar-refractivity contribution is 6.67. The van der Waals surface area contributed by atoms with Crippen LogP contribution in [0.2, 0.25) is 0 Å². The van der Waals surface area contributed by atoms with Gasteiger partial charge in [0.2, 0.25) is 5.88 Å². The summed E-state index contributed by atoms with van der Waals surface area (Å²) in [4.78, 5) is 16.1. The molecular formula is C18H18ClNO2. The van der Waals surface area contributed by atoms with E-state index in [1.165, 1.54) is 5.56 Å². The number of rotatable bonds is 5. The normalized spacial score (nSPS) is 14.0. The van der Waals surface area contributed by atoms with Crippen LogP contribution in [0.15, 0.2) is 30.3 Å². The summed E-state index contributed by atoms with van der Waals surface area (Å²) in [7, 11) is 0. The van der Waals surface area contributed by atoms with E-state index < -0.39 is 5.24 Å². The van der Waals surface area contributed by atoms with Gasteiger partial charge in [-0.1, -0.05) is 18.2 Å². The average Bonchev–Trinajstić information content (AvgIpc) is 3.32. The molecule has 0 atom stereocenters. The summed E-state index contributed by atoms with van der Waals surface area (Å²) in [6.45, 7) is 4.21. The molecule has 114 valence electrons. The molecule has 1 saturated carbocycles. The van der Waals surface area contributed by atoms with Crippen molar-refractivity contribution in [3.63, 3.8) is 0 Å². The molecule has 0 spiro atoms. The van der Waals surface area contributed by atoms with Gasteiger partial charge in [0.05, 0.1) is 0 Å². The molecule has 3 rings (SSSR count). The molecule has 0 unspecified atom stereocenters. The summed E-state index contributed by atoms with van der Waals surface area (Å²) >= 11 is 5.73. The standard InChI is InChI=1S/C18H18ClNO2/c1-11-6-7-12(2)20-18(11)22-10-16-14(13-8-9-13)4-3-5-15(16)17(19)21/h3-7,13H,8-10H2,1-2H3. The average molecular weight is 316 g/mol. The molecule has 1 aliphatic carbocycles. The van der Waals surface area contributed by atoms with Crippen molar-refractivity contribution in [3.05, 3.63) is 58.3 Å². The summed E-state index contributed by atoms with van der Waals surface area (Å²) < 4.78 is 5.89. The Balaban J connectivity index is 1.91. The minimum Gasteiger partial charge on any atom is -0.473 e. The molecule has 4 heteroatoms. The largest absolute Gasteiger partial charge is 0.473 e. The highest BCUT2D eigenvalue weighted by Crippen LogP contribution is 2.42. The van der Waals surface area contributed by atoms with Gasteiger partial charge in [-0.05, 0) is 61.9 Å². The van der Waals surface area contributed by atoms with Crippen molar-refractivity contribution in [1.82, 2.24) is 4.98 Å². The van der Waals surface area contributed by atoms with Gasteiger partial charge in [-0.2, -0.15) is 0 Å². The molecule has 22 heavy (non-hydrogen) atoms. The third-order valence-electron chi connectivity index (χ3n) is 3.98. The van der Waals surface area contributed by atoms with Gasteiger partial charge < -0.3 is 4.74 Å². The molecular weight excluding hydrogens is 298 g/mol. The number of hydrogen-bond acceptors (Lipinski definition) is 3. The van der Waals surface area contributed by atoms with Crippen LogP contribution in [0.4, 0.5) is 0 Å². The fourth-order valence-corrected chi connectivity index (χ4v) is 2.79. The number of hydrogen-bond donors (Lipinski definition) is 0. The lowest BCUT2D eigenvalue weighted by molar-refractivity contribution is 0.107. The van der Waals surface area contributed by atoms with Crippen LogP contribution < -0.4 is 4.74 Å². The maximum atomic E-state index is 11.7. The first-order valence-electron chi connectivity index (χ1n) is 7.45. The van der Waals surface area contributed by atoms with E-state index in [0.717, 1.165) is 29.7 Å². The molecule has 1 fully saturated rings. The van der Waals surface area contributed by atoms with Crippen LogP contribution in [0.1, 0.15) is 51.5 Å². The van der Waals surface area contributed by atoms with Crippen LogP contribution in [0.5, 0.6) is 5.88 Å². The van der Waals surface area contributed by atoms with Gasteiger partial charge in [-0.15, -0.1) is 0 Å². The molecule has 0 saturated heterocycles. The van der Waals surface area contributed by atoms with E-state index in [-0.39, 0.29) is 0 Å². The van der Waals surface area contributed by atoms with Gasteiger partial charge in [0, 0.05) is 22.4 Å². The van der Waals surface area contributed by atoms with Gasteiger partial charge in [0.15, 0.2) is 0 Å². The third kappa shape index (κ3) is 3.14. The molecule has 1 aromatic heterocycles. The van der Waals surface area contributed by atoms with E-state index in [9.17, 15) is 4.79 Å². The smallest absolute Gasteiger partial charge is 0.252 e. The Morgan fingerprint density at radius 1 is 1.27 bits per heavy atom. The zero-order valence-electron chi connectivity index (χ0n) is 12.7. The zero-order valence-corrected chi connectivity index (χ0v) is 13.5. The van der Waals surface area contributed by atoms with E-state index >= 15 is 0 Å². The van der Waals surface area contributed by atoms with Crippen LogP contribution in [-0.4, -0.2) is 10.2 Å². The van der Waals surface area contributed by atoms with Crippen molar-refractivity contribution >= 4 is 16.8 Å². The van der Waals surface area contributed by atoms with Crippen molar-refractivity contribution in [2.24, 2.45) is 0 Å². The highest BCUT2D eigenvalue weighted by Gasteiger charge is 2.28. The molecule has 2 aromatic rings. The molecule has 0 N–H and O–H groups in total. The van der Waals surface area contributed by atoms with Crippen LogP contribution in [0.3, 0.4) is 0 Å². The predicted octanol–water partition coefficient (Wildman–Crippen LogP) is 4.53. The van der Waals surface area contributed by atoms with E-state index in [1.807, 2.05) is 32.0 Å². The second kappa shape index (κ2) is 6.09. The van der Waals surface area contributed by atoms with Crippen molar-refractivity contribution in [2.45, 2.75) is 39.2 Å². The van der Waals surface area contributed by atoms with E-state index in [2.05, 4.69) is 11.1 Å². The number of pyridine rings is 1. The maximum absolute atomic E-state index is 11.7. The summed E-state index contributed by atoms with van der Waals surface area (Å²) in [5, 5.41) is -0.435. The van der Waals surface area contributed by atoms with Gasteiger partial charge in [0.25, 0.3) is 5.24 Å². The Bertz CT molecular complexity index is 723. The number of carbonyl (C=O) groups excluding carboxylic acids is 1. The van der Waals surface area contributed by atoms with Gasteiger partial charge in [-0.3, -0.25) is 4.79 Å². The first kappa shape index (κ1) is 15.0. The van der Waals surface area contributed by atoms with Gasteiger partial charge in [0.1, 0.15) is 6.61 Å². The Kier molecular flexibility index (Phi) is 4.16. The minimum atomic E-state index is -0.435. The number of benzene rings is 1. The number of carbonyl (C=O) groups is 1. The number of aromatic nitrogens is 1. The Morgan fingerprint density at radius 2 is 2.05 bits per heavy atom. The lowest BCUT2D eigenvalue weighted by Crippen LogP contribution is -2.07. The summed E-state index contributed by atoms with van der Waals surface area (Å²) in [5.41, 5.74) is 4.50. The highest BCUT2D eigenvalue weighted by atomic mass is 35.5. The van der Waals surface area contributed by atoms with Crippen molar-refractivity contribution in [3.8, 4) is 5.88 Å². The lowest BCUT2D eigenvalue weighted by atomic mass is 9.99. The quantitative estimate of drug-likeness (QED) is 0.761. The van der Waals surface area contributed by atoms with Crippen molar-refractivity contribution < 1.29 is 9.53 Å². The topological polar surface area (TPSA) is 39.2 Å². The van der Waals surface area contributed by atoms with Crippen molar-refractivity contribution in [1.29, 1.82) is 0 Å². The number of ether oxygens (including phenoxy) is 1. The summed E-state index contributed by atoms with van der Waals surface area (Å²) in [6, 6.07) is 9.65. The lowest BCUT2D eigenvalue weighted by Gasteiger charge is -2.14. The number of nitrogens with zero attached hydrogens (tertiary/aromatic N) is 1. The fraction of sp³-hybridized carbons (Fsp3) is 0.333. The number of aryl methyl sites for hydroxylation is 2. The molecule has 0 bridgehead atoms. The van der Waals surface area contributed by atoms with Gasteiger partial charge >= 0.3 is 0 Å². The summed E-state index contributed by atoms with van der Waals surface area (Å²) in [6.07, 6.45) is 2.32. The first-order valence-corrected chi connectivity index (χ1v) is 7.82. The van der Waals surface area contributed by atoms with Crippen LogP contribution in [0.25, 0.3) is 0 Å². The predicted molar refractivity (Wildman–Crippen MR) is 86.6 cm³/mol. The minimum absolute atomic E-state index is 0.317. The fourth-order valence-electron chi connectivity index (χ4n) is 2.62. The Morgan fingerprint density at radius 3 is 2.73 bits per heavy atom. The molecule has 0 amide bonds. The third-order valence-corrected chi connectivity index (χ3v) is 4.19. The molecule has 0 radical (unpaired) electrons. The maximum Gasteiger partial charge on any atom is 0.252 e. The van der Waals surface area contributed by atoms with Crippen molar-refractivity contribution in [2.75, 3.05) is 0 Å².